The number of hydrogen-bond donors (Lipinski definition) is 0. The fourth-order valence-electron chi connectivity index (χ4n) is 2.56. The molecule has 0 aliphatic carbocycles. The minimum absolute atomic E-state index is 0.129. The van der Waals surface area contributed by atoms with E-state index in [0.717, 1.165) is 11.3 Å². The first kappa shape index (κ1) is 20.9. The highest BCUT2D eigenvalue weighted by atomic mass is 32.2. The third-order valence-corrected chi connectivity index (χ3v) is 5.78. The van der Waals surface area contributed by atoms with E-state index in [1.807, 2.05) is 37.3 Å². The molecule has 0 radical (unpaired) electrons. The van der Waals surface area contributed by atoms with Gasteiger partial charge in [0, 0.05) is 0 Å². The molecule has 0 saturated carbocycles. The lowest BCUT2D eigenvalue weighted by molar-refractivity contribution is 0.0824. The lowest BCUT2D eigenvalue weighted by Crippen LogP contribution is -2.31. The molecule has 0 heterocycles. The topological polar surface area (TPSA) is 61.8 Å². The lowest BCUT2D eigenvalue weighted by atomic mass is 10.2. The van der Waals surface area contributed by atoms with Gasteiger partial charge in [0.05, 0.1) is 4.90 Å². The summed E-state index contributed by atoms with van der Waals surface area (Å²) >= 11 is 0. The van der Waals surface area contributed by atoms with Crippen LogP contribution in [0.5, 0.6) is 17.2 Å². The highest BCUT2D eigenvalue weighted by Gasteiger charge is 2.24. The van der Waals surface area contributed by atoms with Crippen LogP contribution in [0.4, 0.5) is 0 Å². The SMILES string of the molecule is Cc1ccc(S(=O)(=O)OC(C)C(C)Oc2ccc(Oc3ccccc3)cc2)cc1. The second-order valence-corrected chi connectivity index (χ2v) is 8.35. The maximum atomic E-state index is 12.4. The second kappa shape index (κ2) is 9.11. The van der Waals surface area contributed by atoms with Crippen molar-refractivity contribution in [1.82, 2.24) is 0 Å². The number of aryl methyl sites for hydroxylation is 1. The summed E-state index contributed by atoms with van der Waals surface area (Å²) < 4.78 is 41.8. The van der Waals surface area contributed by atoms with Crippen molar-refractivity contribution in [2.24, 2.45) is 0 Å². The van der Waals surface area contributed by atoms with Gasteiger partial charge in [-0.1, -0.05) is 35.9 Å². The summed E-state index contributed by atoms with van der Waals surface area (Å²) in [7, 11) is -3.85. The molecule has 0 bridgehead atoms. The van der Waals surface area contributed by atoms with Crippen LogP contribution < -0.4 is 9.47 Å². The number of benzene rings is 3. The number of ether oxygens (including phenoxy) is 2. The van der Waals surface area contributed by atoms with Gasteiger partial charge in [0.1, 0.15) is 29.5 Å². The monoisotopic (exact) mass is 412 g/mol. The molecule has 0 aliphatic rings. The van der Waals surface area contributed by atoms with Gasteiger partial charge in [-0.2, -0.15) is 8.42 Å². The van der Waals surface area contributed by atoms with Crippen LogP contribution in [0.2, 0.25) is 0 Å². The molecule has 0 aromatic heterocycles. The second-order valence-electron chi connectivity index (χ2n) is 6.78. The van der Waals surface area contributed by atoms with E-state index >= 15 is 0 Å². The van der Waals surface area contributed by atoms with Gasteiger partial charge in [0.25, 0.3) is 10.1 Å². The largest absolute Gasteiger partial charge is 0.488 e. The van der Waals surface area contributed by atoms with Crippen LogP contribution in [0.15, 0.2) is 83.8 Å². The smallest absolute Gasteiger partial charge is 0.297 e. The molecule has 0 N–H and O–H groups in total. The van der Waals surface area contributed by atoms with Gasteiger partial charge in [0.2, 0.25) is 0 Å². The molecule has 6 heteroatoms. The van der Waals surface area contributed by atoms with Crippen molar-refractivity contribution in [2.45, 2.75) is 37.9 Å². The van der Waals surface area contributed by atoms with E-state index in [1.54, 1.807) is 50.2 Å². The van der Waals surface area contributed by atoms with Crippen molar-refractivity contribution >= 4 is 10.1 Å². The van der Waals surface area contributed by atoms with Crippen LogP contribution in [-0.4, -0.2) is 20.6 Å². The summed E-state index contributed by atoms with van der Waals surface area (Å²) in [4.78, 5) is 0.129. The van der Waals surface area contributed by atoms with Gasteiger partial charge < -0.3 is 9.47 Å². The van der Waals surface area contributed by atoms with Crippen LogP contribution in [0.3, 0.4) is 0 Å². The van der Waals surface area contributed by atoms with Gasteiger partial charge in [-0.05, 0) is 69.3 Å². The Hall–Kier alpha value is -2.83. The Labute approximate surface area is 172 Å². The average molecular weight is 413 g/mol. The molecule has 2 atom stereocenters. The van der Waals surface area contributed by atoms with Gasteiger partial charge >= 0.3 is 0 Å². The summed E-state index contributed by atoms with van der Waals surface area (Å²) in [5, 5.41) is 0. The van der Waals surface area contributed by atoms with Crippen LogP contribution in [0.1, 0.15) is 19.4 Å². The Bertz CT molecular complexity index is 1010. The van der Waals surface area contributed by atoms with Crippen molar-refractivity contribution in [3.8, 4) is 17.2 Å². The van der Waals surface area contributed by atoms with E-state index in [-0.39, 0.29) is 4.90 Å². The zero-order valence-electron chi connectivity index (χ0n) is 16.6. The predicted octanol–water partition coefficient (Wildman–Crippen LogP) is 5.35. The zero-order chi connectivity index (χ0) is 20.9. The highest BCUT2D eigenvalue weighted by Crippen LogP contribution is 2.25. The van der Waals surface area contributed by atoms with Crippen LogP contribution in [0, 0.1) is 6.92 Å². The van der Waals surface area contributed by atoms with E-state index in [9.17, 15) is 8.42 Å². The van der Waals surface area contributed by atoms with E-state index < -0.39 is 22.3 Å². The standard InChI is InChI=1S/C23H24O5S/c1-17-9-15-23(16-10-17)29(24,25)28-19(3)18(2)26-21-11-13-22(14-12-21)27-20-7-5-4-6-8-20/h4-16,18-19H,1-3H3. The van der Waals surface area contributed by atoms with Crippen molar-refractivity contribution in [3.63, 3.8) is 0 Å². The maximum absolute atomic E-state index is 12.4. The molecular weight excluding hydrogens is 388 g/mol. The lowest BCUT2D eigenvalue weighted by Gasteiger charge is -2.21. The number of rotatable bonds is 8. The first-order valence-corrected chi connectivity index (χ1v) is 10.7. The maximum Gasteiger partial charge on any atom is 0.297 e. The third-order valence-electron chi connectivity index (χ3n) is 4.37. The molecule has 3 aromatic rings. The molecule has 0 saturated heterocycles. The molecule has 2 unspecified atom stereocenters. The van der Waals surface area contributed by atoms with Crippen molar-refractivity contribution in [2.75, 3.05) is 0 Å². The van der Waals surface area contributed by atoms with Gasteiger partial charge in [-0.25, -0.2) is 0 Å². The molecule has 0 aliphatic heterocycles. The van der Waals surface area contributed by atoms with Crippen molar-refractivity contribution in [3.05, 3.63) is 84.4 Å². The van der Waals surface area contributed by atoms with Crippen molar-refractivity contribution < 1.29 is 22.1 Å². The van der Waals surface area contributed by atoms with Gasteiger partial charge in [-0.3, -0.25) is 4.18 Å². The summed E-state index contributed by atoms with van der Waals surface area (Å²) in [6.45, 7) is 5.33. The summed E-state index contributed by atoms with van der Waals surface area (Å²) in [6, 6.07) is 23.2. The Morgan fingerprint density at radius 1 is 0.690 bits per heavy atom. The fourth-order valence-corrected chi connectivity index (χ4v) is 3.70. The Morgan fingerprint density at radius 3 is 1.86 bits per heavy atom. The molecule has 3 aromatic carbocycles. The highest BCUT2D eigenvalue weighted by molar-refractivity contribution is 7.86. The van der Waals surface area contributed by atoms with Gasteiger partial charge in [0.15, 0.2) is 0 Å². The number of hydrogen-bond acceptors (Lipinski definition) is 5. The summed E-state index contributed by atoms with van der Waals surface area (Å²) in [5.74, 6) is 2.03. The number of para-hydroxylation sites is 1. The third kappa shape index (κ3) is 5.82. The van der Waals surface area contributed by atoms with E-state index in [4.69, 9.17) is 13.7 Å². The Morgan fingerprint density at radius 2 is 1.24 bits per heavy atom. The summed E-state index contributed by atoms with van der Waals surface area (Å²) in [5.41, 5.74) is 0.980. The molecule has 29 heavy (non-hydrogen) atoms. The normalized spacial score (nSPS) is 13.5. The Balaban J connectivity index is 1.59. The first-order chi connectivity index (χ1) is 13.8. The van der Waals surface area contributed by atoms with Crippen LogP contribution >= 0.6 is 0 Å². The molecule has 0 spiro atoms. The van der Waals surface area contributed by atoms with Crippen LogP contribution in [0.25, 0.3) is 0 Å². The minimum Gasteiger partial charge on any atom is -0.488 e. The fraction of sp³-hybridized carbons (Fsp3) is 0.217. The zero-order valence-corrected chi connectivity index (χ0v) is 17.4. The minimum atomic E-state index is -3.85. The quantitative estimate of drug-likeness (QED) is 0.467. The van der Waals surface area contributed by atoms with Gasteiger partial charge in [-0.15, -0.1) is 0 Å². The van der Waals surface area contributed by atoms with E-state index in [2.05, 4.69) is 0 Å². The molecule has 0 fully saturated rings. The van der Waals surface area contributed by atoms with Crippen LogP contribution in [-0.2, 0) is 14.3 Å². The van der Waals surface area contributed by atoms with Crippen molar-refractivity contribution in [1.29, 1.82) is 0 Å². The predicted molar refractivity (Wildman–Crippen MR) is 112 cm³/mol. The molecule has 152 valence electrons. The first-order valence-electron chi connectivity index (χ1n) is 9.33. The Kier molecular flexibility index (Phi) is 6.56. The van der Waals surface area contributed by atoms with E-state index in [0.29, 0.717) is 11.5 Å². The molecule has 3 rings (SSSR count). The molecular formula is C23H24O5S. The molecule has 0 amide bonds. The molecule has 5 nitrogen and oxygen atoms in total. The average Bonchev–Trinajstić information content (AvgIpc) is 2.70. The summed E-state index contributed by atoms with van der Waals surface area (Å²) in [6.07, 6.45) is -1.14. The van der Waals surface area contributed by atoms with E-state index in [1.165, 1.54) is 12.1 Å².